The van der Waals surface area contributed by atoms with Crippen LogP contribution in [0.25, 0.3) is 0 Å². The fraction of sp³-hybridized carbons (Fsp3) is 0.417. The summed E-state index contributed by atoms with van der Waals surface area (Å²) in [6, 6.07) is 3.64. The van der Waals surface area contributed by atoms with E-state index in [4.69, 9.17) is 9.47 Å². The Bertz CT molecular complexity index is 356. The standard InChI is InChI=1S/C12H16O3/c1-8(2)15-11-6-9(3)5-10(7-13)12(11)14-4/h5-8H,1-4H3. The van der Waals surface area contributed by atoms with Gasteiger partial charge in [-0.1, -0.05) is 0 Å². The lowest BCUT2D eigenvalue weighted by molar-refractivity contribution is 0.111. The number of hydrogen-bond donors (Lipinski definition) is 0. The molecule has 1 aromatic carbocycles. The third kappa shape index (κ3) is 2.72. The summed E-state index contributed by atoms with van der Waals surface area (Å²) in [6.45, 7) is 5.78. The highest BCUT2D eigenvalue weighted by atomic mass is 16.5. The van der Waals surface area contributed by atoms with E-state index >= 15 is 0 Å². The van der Waals surface area contributed by atoms with E-state index in [1.54, 1.807) is 6.07 Å². The molecule has 82 valence electrons. The zero-order valence-corrected chi connectivity index (χ0v) is 9.53. The van der Waals surface area contributed by atoms with Gasteiger partial charge in [0.1, 0.15) is 0 Å². The Labute approximate surface area is 90.0 Å². The van der Waals surface area contributed by atoms with Gasteiger partial charge in [-0.2, -0.15) is 0 Å². The SMILES string of the molecule is COc1c(C=O)cc(C)cc1OC(C)C. The van der Waals surface area contributed by atoms with Gasteiger partial charge in [-0.25, -0.2) is 0 Å². The molecule has 0 fully saturated rings. The maximum Gasteiger partial charge on any atom is 0.171 e. The van der Waals surface area contributed by atoms with Gasteiger partial charge in [0.2, 0.25) is 0 Å². The van der Waals surface area contributed by atoms with Crippen LogP contribution in [0.4, 0.5) is 0 Å². The molecular weight excluding hydrogens is 192 g/mol. The van der Waals surface area contributed by atoms with E-state index < -0.39 is 0 Å². The Kier molecular flexibility index (Phi) is 3.72. The number of rotatable bonds is 4. The monoisotopic (exact) mass is 208 g/mol. The third-order valence-electron chi connectivity index (χ3n) is 1.92. The first-order valence-electron chi connectivity index (χ1n) is 4.89. The van der Waals surface area contributed by atoms with Crippen LogP contribution in [-0.2, 0) is 0 Å². The van der Waals surface area contributed by atoms with Crippen molar-refractivity contribution in [2.45, 2.75) is 26.9 Å². The molecule has 0 saturated heterocycles. The summed E-state index contributed by atoms with van der Waals surface area (Å²) in [7, 11) is 1.53. The number of methoxy groups -OCH3 is 1. The predicted molar refractivity (Wildman–Crippen MR) is 58.9 cm³/mol. The first kappa shape index (κ1) is 11.6. The van der Waals surface area contributed by atoms with Gasteiger partial charge in [-0.15, -0.1) is 0 Å². The van der Waals surface area contributed by atoms with Crippen LogP contribution in [0.3, 0.4) is 0 Å². The molecule has 0 bridgehead atoms. The van der Waals surface area contributed by atoms with Crippen LogP contribution >= 0.6 is 0 Å². The topological polar surface area (TPSA) is 35.5 Å². The number of aryl methyl sites for hydroxylation is 1. The maximum absolute atomic E-state index is 10.8. The van der Waals surface area contributed by atoms with Gasteiger partial charge in [-0.3, -0.25) is 4.79 Å². The molecule has 0 saturated carbocycles. The Hall–Kier alpha value is -1.51. The van der Waals surface area contributed by atoms with Crippen LogP contribution in [0.5, 0.6) is 11.5 Å². The highest BCUT2D eigenvalue weighted by molar-refractivity contribution is 5.81. The van der Waals surface area contributed by atoms with E-state index in [-0.39, 0.29) is 6.10 Å². The fourth-order valence-corrected chi connectivity index (χ4v) is 1.41. The van der Waals surface area contributed by atoms with E-state index in [2.05, 4.69) is 0 Å². The van der Waals surface area contributed by atoms with Crippen molar-refractivity contribution in [1.82, 2.24) is 0 Å². The van der Waals surface area contributed by atoms with Crippen LogP contribution in [0.1, 0.15) is 29.8 Å². The van der Waals surface area contributed by atoms with Gasteiger partial charge >= 0.3 is 0 Å². The van der Waals surface area contributed by atoms with Crippen LogP contribution in [-0.4, -0.2) is 19.5 Å². The zero-order chi connectivity index (χ0) is 11.4. The molecule has 0 radical (unpaired) electrons. The molecule has 0 aliphatic heterocycles. The molecule has 0 aromatic heterocycles. The van der Waals surface area contributed by atoms with E-state index in [9.17, 15) is 4.79 Å². The molecule has 0 amide bonds. The van der Waals surface area contributed by atoms with Gasteiger partial charge in [0, 0.05) is 0 Å². The summed E-state index contributed by atoms with van der Waals surface area (Å²) in [6.07, 6.45) is 0.833. The van der Waals surface area contributed by atoms with E-state index in [0.29, 0.717) is 17.1 Å². The lowest BCUT2D eigenvalue weighted by atomic mass is 10.1. The average Bonchev–Trinajstić information content (AvgIpc) is 2.15. The second kappa shape index (κ2) is 4.82. The van der Waals surface area contributed by atoms with Crippen LogP contribution in [0.15, 0.2) is 12.1 Å². The summed E-state index contributed by atoms with van der Waals surface area (Å²) in [5, 5.41) is 0. The predicted octanol–water partition coefficient (Wildman–Crippen LogP) is 2.60. The first-order chi connectivity index (χ1) is 7.08. The number of aldehydes is 1. The molecule has 1 aromatic rings. The van der Waals surface area contributed by atoms with E-state index in [1.165, 1.54) is 7.11 Å². The first-order valence-corrected chi connectivity index (χ1v) is 4.89. The lowest BCUT2D eigenvalue weighted by Crippen LogP contribution is -2.08. The number of carbonyl (C=O) groups is 1. The second-order valence-corrected chi connectivity index (χ2v) is 3.67. The fourth-order valence-electron chi connectivity index (χ4n) is 1.41. The average molecular weight is 208 g/mol. The molecule has 0 N–H and O–H groups in total. The van der Waals surface area contributed by atoms with Crippen molar-refractivity contribution >= 4 is 6.29 Å². The van der Waals surface area contributed by atoms with Crippen molar-refractivity contribution < 1.29 is 14.3 Å². The van der Waals surface area contributed by atoms with E-state index in [1.807, 2.05) is 26.8 Å². The summed E-state index contributed by atoms with van der Waals surface area (Å²) < 4.78 is 10.7. The minimum Gasteiger partial charge on any atom is -0.492 e. The van der Waals surface area contributed by atoms with Crippen molar-refractivity contribution in [3.63, 3.8) is 0 Å². The number of ether oxygens (including phenoxy) is 2. The molecule has 0 aliphatic carbocycles. The van der Waals surface area contributed by atoms with Crippen molar-refractivity contribution in [3.05, 3.63) is 23.3 Å². The Morgan fingerprint density at radius 3 is 2.47 bits per heavy atom. The summed E-state index contributed by atoms with van der Waals surface area (Å²) >= 11 is 0. The molecule has 15 heavy (non-hydrogen) atoms. The van der Waals surface area contributed by atoms with Gasteiger partial charge in [0.25, 0.3) is 0 Å². The minimum absolute atomic E-state index is 0.0557. The second-order valence-electron chi connectivity index (χ2n) is 3.67. The third-order valence-corrected chi connectivity index (χ3v) is 1.92. The molecule has 3 nitrogen and oxygen atoms in total. The summed E-state index contributed by atoms with van der Waals surface area (Å²) in [4.78, 5) is 10.8. The number of benzene rings is 1. The van der Waals surface area contributed by atoms with Gasteiger partial charge in [-0.05, 0) is 38.5 Å². The minimum atomic E-state index is 0.0557. The smallest absolute Gasteiger partial charge is 0.171 e. The van der Waals surface area contributed by atoms with Gasteiger partial charge in [0.15, 0.2) is 17.8 Å². The zero-order valence-electron chi connectivity index (χ0n) is 9.53. The maximum atomic E-state index is 10.8. The molecule has 0 unspecified atom stereocenters. The van der Waals surface area contributed by atoms with Crippen LogP contribution < -0.4 is 9.47 Å². The normalized spacial score (nSPS) is 10.2. The lowest BCUT2D eigenvalue weighted by Gasteiger charge is -2.15. The highest BCUT2D eigenvalue weighted by Gasteiger charge is 2.12. The molecule has 0 aliphatic rings. The van der Waals surface area contributed by atoms with Crippen LogP contribution in [0, 0.1) is 6.92 Å². The van der Waals surface area contributed by atoms with E-state index in [0.717, 1.165) is 11.8 Å². The van der Waals surface area contributed by atoms with Crippen molar-refractivity contribution in [3.8, 4) is 11.5 Å². The molecular formula is C12H16O3. The highest BCUT2D eigenvalue weighted by Crippen LogP contribution is 2.32. The Balaban J connectivity index is 3.22. The molecule has 0 spiro atoms. The molecule has 0 heterocycles. The molecule has 0 atom stereocenters. The van der Waals surface area contributed by atoms with Gasteiger partial charge in [0.05, 0.1) is 18.8 Å². The van der Waals surface area contributed by atoms with Crippen molar-refractivity contribution in [2.75, 3.05) is 7.11 Å². The number of carbonyl (C=O) groups excluding carboxylic acids is 1. The number of hydrogen-bond acceptors (Lipinski definition) is 3. The van der Waals surface area contributed by atoms with Crippen LogP contribution in [0.2, 0.25) is 0 Å². The molecule has 1 rings (SSSR count). The van der Waals surface area contributed by atoms with Crippen molar-refractivity contribution in [1.29, 1.82) is 0 Å². The molecule has 3 heteroatoms. The van der Waals surface area contributed by atoms with Crippen molar-refractivity contribution in [2.24, 2.45) is 0 Å². The summed E-state index contributed by atoms with van der Waals surface area (Å²) in [5.41, 5.74) is 1.50. The Morgan fingerprint density at radius 2 is 2.00 bits per heavy atom. The quantitative estimate of drug-likeness (QED) is 0.713. The van der Waals surface area contributed by atoms with Gasteiger partial charge < -0.3 is 9.47 Å². The Morgan fingerprint density at radius 1 is 1.33 bits per heavy atom. The largest absolute Gasteiger partial charge is 0.492 e. The summed E-state index contributed by atoms with van der Waals surface area (Å²) in [5.74, 6) is 1.12.